The first-order chi connectivity index (χ1) is 14.8. The van der Waals surface area contributed by atoms with Crippen molar-refractivity contribution in [1.29, 1.82) is 0 Å². The van der Waals surface area contributed by atoms with Crippen LogP contribution in [0.2, 0.25) is 0 Å². The molecule has 0 saturated heterocycles. The summed E-state index contributed by atoms with van der Waals surface area (Å²) in [7, 11) is 0. The van der Waals surface area contributed by atoms with Crippen molar-refractivity contribution in [3.8, 4) is 5.75 Å². The zero-order valence-corrected chi connectivity index (χ0v) is 17.4. The van der Waals surface area contributed by atoms with Gasteiger partial charge in [0.25, 0.3) is 11.8 Å². The molecule has 8 nitrogen and oxygen atoms in total. The maximum Gasteiger partial charge on any atom is 0.303 e. The Labute approximate surface area is 179 Å². The fraction of sp³-hybridized carbons (Fsp3) is 0.304. The number of ether oxygens (including phenoxy) is 1. The average Bonchev–Trinajstić information content (AvgIpc) is 3.01. The van der Waals surface area contributed by atoms with E-state index in [9.17, 15) is 19.2 Å². The van der Waals surface area contributed by atoms with Crippen molar-refractivity contribution in [3.63, 3.8) is 0 Å². The van der Waals surface area contributed by atoms with Crippen molar-refractivity contribution in [3.05, 3.63) is 59.2 Å². The Bertz CT molecular complexity index is 997. The number of nitrogens with one attached hydrogen (secondary N) is 1. The number of aryl methyl sites for hydroxylation is 1. The summed E-state index contributed by atoms with van der Waals surface area (Å²) in [5, 5.41) is 11.6. The van der Waals surface area contributed by atoms with Crippen LogP contribution in [0.1, 0.15) is 53.0 Å². The summed E-state index contributed by atoms with van der Waals surface area (Å²) < 4.78 is 5.69. The molecule has 3 amide bonds. The largest absolute Gasteiger partial charge is 0.491 e. The van der Waals surface area contributed by atoms with Gasteiger partial charge in [-0.2, -0.15) is 0 Å². The van der Waals surface area contributed by atoms with Crippen LogP contribution >= 0.6 is 0 Å². The molecule has 1 atom stereocenters. The number of carboxylic acid groups (broad SMARTS) is 1. The summed E-state index contributed by atoms with van der Waals surface area (Å²) in [4.78, 5) is 50.1. The highest BCUT2D eigenvalue weighted by atomic mass is 16.5. The topological polar surface area (TPSA) is 113 Å². The fourth-order valence-corrected chi connectivity index (χ4v) is 3.33. The predicted molar refractivity (Wildman–Crippen MR) is 113 cm³/mol. The van der Waals surface area contributed by atoms with Crippen LogP contribution in [0.5, 0.6) is 5.75 Å². The lowest BCUT2D eigenvalue weighted by atomic mass is 10.1. The van der Waals surface area contributed by atoms with Crippen molar-refractivity contribution in [2.45, 2.75) is 39.2 Å². The van der Waals surface area contributed by atoms with Crippen LogP contribution < -0.4 is 10.1 Å². The summed E-state index contributed by atoms with van der Waals surface area (Å²) in [5.74, 6) is -2.06. The number of carboxylic acids is 1. The van der Waals surface area contributed by atoms with Gasteiger partial charge in [0.2, 0.25) is 5.91 Å². The fourth-order valence-electron chi connectivity index (χ4n) is 3.33. The van der Waals surface area contributed by atoms with E-state index in [4.69, 9.17) is 9.84 Å². The quantitative estimate of drug-likeness (QED) is 0.598. The Morgan fingerprint density at radius 1 is 1.10 bits per heavy atom. The van der Waals surface area contributed by atoms with Crippen molar-refractivity contribution in [2.75, 3.05) is 11.9 Å². The number of amides is 3. The smallest absolute Gasteiger partial charge is 0.303 e. The molecule has 31 heavy (non-hydrogen) atoms. The standard InChI is InChI=1S/C23H24N2O6/c1-3-12-31-19-10-8-15(9-11-20(26)27)13-18(19)24-21(28)14(2)25-22(29)16-6-4-5-7-17(16)23(25)30/h4-8,10,13-14H,3,9,11-12H2,1-2H3,(H,24,28)(H,26,27). The SMILES string of the molecule is CCCOc1ccc(CCC(=O)O)cc1NC(=O)C(C)N1C(=O)c2ccccc2C1=O. The number of fused-ring (bicyclic) bond motifs is 1. The number of aliphatic carboxylic acids is 1. The number of hydrogen-bond donors (Lipinski definition) is 2. The minimum Gasteiger partial charge on any atom is -0.491 e. The van der Waals surface area contributed by atoms with Crippen LogP contribution in [0.4, 0.5) is 5.69 Å². The molecule has 0 saturated carbocycles. The number of benzene rings is 2. The Balaban J connectivity index is 1.81. The molecule has 1 unspecified atom stereocenters. The van der Waals surface area contributed by atoms with Gasteiger partial charge >= 0.3 is 5.97 Å². The van der Waals surface area contributed by atoms with Gasteiger partial charge in [-0.05, 0) is 49.6 Å². The Morgan fingerprint density at radius 2 is 1.74 bits per heavy atom. The van der Waals surface area contributed by atoms with Crippen LogP contribution in [-0.4, -0.2) is 46.3 Å². The molecular weight excluding hydrogens is 400 g/mol. The Morgan fingerprint density at radius 3 is 2.32 bits per heavy atom. The minimum absolute atomic E-state index is 0.0476. The molecule has 0 fully saturated rings. The molecule has 0 aromatic heterocycles. The second-order valence-corrected chi connectivity index (χ2v) is 7.26. The summed E-state index contributed by atoms with van der Waals surface area (Å²) in [5.41, 5.74) is 1.63. The van der Waals surface area contributed by atoms with E-state index in [1.54, 1.807) is 42.5 Å². The molecule has 0 radical (unpaired) electrons. The number of carbonyl (C=O) groups excluding carboxylic acids is 3. The molecule has 3 rings (SSSR count). The third-order valence-electron chi connectivity index (χ3n) is 4.98. The van der Waals surface area contributed by atoms with E-state index in [0.29, 0.717) is 24.5 Å². The highest BCUT2D eigenvalue weighted by Crippen LogP contribution is 2.29. The lowest BCUT2D eigenvalue weighted by Gasteiger charge is -2.22. The maximum atomic E-state index is 12.9. The van der Waals surface area contributed by atoms with E-state index in [-0.39, 0.29) is 17.5 Å². The van der Waals surface area contributed by atoms with Crippen LogP contribution in [0.3, 0.4) is 0 Å². The molecule has 162 valence electrons. The number of rotatable bonds is 9. The average molecular weight is 424 g/mol. The number of nitrogens with zero attached hydrogens (tertiary/aromatic N) is 1. The van der Waals surface area contributed by atoms with Crippen LogP contribution in [-0.2, 0) is 16.0 Å². The van der Waals surface area contributed by atoms with E-state index in [0.717, 1.165) is 16.9 Å². The lowest BCUT2D eigenvalue weighted by molar-refractivity contribution is -0.137. The Kier molecular flexibility index (Phi) is 6.69. The predicted octanol–water partition coefficient (Wildman–Crippen LogP) is 3.12. The van der Waals surface area contributed by atoms with Crippen molar-refractivity contribution >= 4 is 29.4 Å². The van der Waals surface area contributed by atoms with Crippen LogP contribution in [0, 0.1) is 0 Å². The highest BCUT2D eigenvalue weighted by Gasteiger charge is 2.40. The van der Waals surface area contributed by atoms with Crippen molar-refractivity contribution in [2.24, 2.45) is 0 Å². The second kappa shape index (κ2) is 9.42. The third-order valence-corrected chi connectivity index (χ3v) is 4.98. The van der Waals surface area contributed by atoms with Crippen molar-refractivity contribution < 1.29 is 29.0 Å². The van der Waals surface area contributed by atoms with Gasteiger partial charge in [0.1, 0.15) is 11.8 Å². The second-order valence-electron chi connectivity index (χ2n) is 7.26. The van der Waals surface area contributed by atoms with Gasteiger partial charge in [-0.3, -0.25) is 24.1 Å². The maximum absolute atomic E-state index is 12.9. The molecule has 1 aliphatic heterocycles. The van der Waals surface area contributed by atoms with Gasteiger partial charge in [0.15, 0.2) is 0 Å². The number of anilines is 1. The van der Waals surface area contributed by atoms with Gasteiger partial charge in [-0.25, -0.2) is 0 Å². The van der Waals surface area contributed by atoms with Gasteiger partial charge < -0.3 is 15.2 Å². The molecule has 2 aromatic carbocycles. The van der Waals surface area contributed by atoms with Gasteiger partial charge in [-0.1, -0.05) is 25.1 Å². The van der Waals surface area contributed by atoms with E-state index in [1.165, 1.54) is 6.92 Å². The molecule has 1 aliphatic rings. The number of imide groups is 1. The molecule has 0 spiro atoms. The van der Waals surface area contributed by atoms with Gasteiger partial charge in [0, 0.05) is 6.42 Å². The molecule has 0 aliphatic carbocycles. The van der Waals surface area contributed by atoms with Gasteiger partial charge in [-0.15, -0.1) is 0 Å². The van der Waals surface area contributed by atoms with Gasteiger partial charge in [0.05, 0.1) is 23.4 Å². The zero-order chi connectivity index (χ0) is 22.5. The molecule has 1 heterocycles. The number of hydrogen-bond acceptors (Lipinski definition) is 5. The minimum atomic E-state index is -1.05. The van der Waals surface area contributed by atoms with Crippen molar-refractivity contribution in [1.82, 2.24) is 4.90 Å². The first kappa shape index (κ1) is 22.0. The van der Waals surface area contributed by atoms with E-state index in [2.05, 4.69) is 5.32 Å². The third kappa shape index (κ3) is 4.74. The molecular formula is C23H24N2O6. The first-order valence-corrected chi connectivity index (χ1v) is 10.1. The normalized spacial score (nSPS) is 13.7. The Hall–Kier alpha value is -3.68. The summed E-state index contributed by atoms with van der Waals surface area (Å²) in [6.45, 7) is 3.87. The van der Waals surface area contributed by atoms with Crippen LogP contribution in [0.25, 0.3) is 0 Å². The molecule has 2 aromatic rings. The summed E-state index contributed by atoms with van der Waals surface area (Å²) in [6.07, 6.45) is 1.01. The molecule has 8 heteroatoms. The van der Waals surface area contributed by atoms with E-state index < -0.39 is 29.7 Å². The monoisotopic (exact) mass is 424 g/mol. The van der Waals surface area contributed by atoms with E-state index >= 15 is 0 Å². The summed E-state index contributed by atoms with van der Waals surface area (Å²) >= 11 is 0. The number of carbonyl (C=O) groups is 4. The first-order valence-electron chi connectivity index (χ1n) is 10.1. The molecule has 0 bridgehead atoms. The molecule has 2 N–H and O–H groups in total. The van der Waals surface area contributed by atoms with E-state index in [1.807, 2.05) is 6.92 Å². The highest BCUT2D eigenvalue weighted by molar-refractivity contribution is 6.23. The lowest BCUT2D eigenvalue weighted by Crippen LogP contribution is -2.45. The zero-order valence-electron chi connectivity index (χ0n) is 17.4. The van der Waals surface area contributed by atoms with Crippen LogP contribution in [0.15, 0.2) is 42.5 Å². The summed E-state index contributed by atoms with van der Waals surface area (Å²) in [6, 6.07) is 10.5.